The summed E-state index contributed by atoms with van der Waals surface area (Å²) in [5.74, 6) is 0. The summed E-state index contributed by atoms with van der Waals surface area (Å²) < 4.78 is 0. The second-order valence-electron chi connectivity index (χ2n) is 5.96. The number of aliphatic hydroxyl groups is 1. The Hall–Kier alpha value is -0.860. The number of rotatable bonds is 3. The molecule has 3 rings (SSSR count). The van der Waals surface area contributed by atoms with Crippen LogP contribution in [0.2, 0.25) is 0 Å². The van der Waals surface area contributed by atoms with E-state index in [9.17, 15) is 5.11 Å². The van der Waals surface area contributed by atoms with E-state index in [2.05, 4.69) is 36.5 Å². The lowest BCUT2D eigenvalue weighted by Gasteiger charge is -2.25. The van der Waals surface area contributed by atoms with Crippen molar-refractivity contribution in [3.8, 4) is 0 Å². The molecule has 1 aliphatic heterocycles. The maximum Gasteiger partial charge on any atom is 0.0690 e. The van der Waals surface area contributed by atoms with Crippen LogP contribution in [0.15, 0.2) is 24.3 Å². The van der Waals surface area contributed by atoms with Crippen LogP contribution < -0.4 is 5.32 Å². The van der Waals surface area contributed by atoms with Crippen molar-refractivity contribution in [3.05, 3.63) is 35.4 Å². The summed E-state index contributed by atoms with van der Waals surface area (Å²) in [6.07, 6.45) is 5.23. The van der Waals surface area contributed by atoms with E-state index in [4.69, 9.17) is 0 Å². The summed E-state index contributed by atoms with van der Waals surface area (Å²) in [5, 5.41) is 13.5. The molecule has 2 aliphatic rings. The fourth-order valence-electron chi connectivity index (χ4n) is 2.83. The molecule has 92 valence electrons. The Balaban J connectivity index is 1.75. The predicted molar refractivity (Wildman–Crippen MR) is 68.9 cm³/mol. The largest absolute Gasteiger partial charge is 0.390 e. The zero-order valence-electron chi connectivity index (χ0n) is 10.5. The molecule has 1 aromatic rings. The van der Waals surface area contributed by atoms with Crippen LogP contribution in [0.5, 0.6) is 0 Å². The quantitative estimate of drug-likeness (QED) is 0.837. The highest BCUT2D eigenvalue weighted by molar-refractivity contribution is 5.30. The van der Waals surface area contributed by atoms with Crippen molar-refractivity contribution in [1.29, 1.82) is 0 Å². The molecule has 2 N–H and O–H groups in total. The maximum atomic E-state index is 9.90. The normalized spacial score (nSPS) is 30.5. The average Bonchev–Trinajstić information content (AvgIpc) is 2.87. The van der Waals surface area contributed by atoms with Gasteiger partial charge in [-0.05, 0) is 50.3 Å². The van der Waals surface area contributed by atoms with Crippen molar-refractivity contribution in [2.45, 2.75) is 50.2 Å². The summed E-state index contributed by atoms with van der Waals surface area (Å²) in [7, 11) is 0. The van der Waals surface area contributed by atoms with E-state index in [-0.39, 0.29) is 11.1 Å². The van der Waals surface area contributed by atoms with Crippen molar-refractivity contribution >= 4 is 0 Å². The number of hydrogen-bond acceptors (Lipinski definition) is 2. The van der Waals surface area contributed by atoms with Gasteiger partial charge in [-0.2, -0.15) is 0 Å². The SMILES string of the molecule is CC1(c2ccc(CC3(O)CC3)cc2)CCCN1. The highest BCUT2D eigenvalue weighted by atomic mass is 16.3. The zero-order chi connectivity index (χ0) is 11.9. The van der Waals surface area contributed by atoms with Crippen LogP contribution in [0.4, 0.5) is 0 Å². The van der Waals surface area contributed by atoms with Crippen LogP contribution in [0.25, 0.3) is 0 Å². The van der Waals surface area contributed by atoms with Gasteiger partial charge in [0.15, 0.2) is 0 Å². The Morgan fingerprint density at radius 1 is 1.18 bits per heavy atom. The third-order valence-corrected chi connectivity index (χ3v) is 4.32. The molecule has 1 unspecified atom stereocenters. The highest BCUT2D eigenvalue weighted by Gasteiger charge is 2.40. The van der Waals surface area contributed by atoms with Gasteiger partial charge in [-0.3, -0.25) is 0 Å². The van der Waals surface area contributed by atoms with Gasteiger partial charge in [0.2, 0.25) is 0 Å². The minimum absolute atomic E-state index is 0.162. The summed E-state index contributed by atoms with van der Waals surface area (Å²) in [4.78, 5) is 0. The third kappa shape index (κ3) is 2.24. The summed E-state index contributed by atoms with van der Waals surface area (Å²) >= 11 is 0. The van der Waals surface area contributed by atoms with E-state index in [0.29, 0.717) is 0 Å². The molecule has 0 spiro atoms. The molecule has 1 atom stereocenters. The van der Waals surface area contributed by atoms with E-state index in [1.165, 1.54) is 24.0 Å². The first kappa shape index (κ1) is 11.2. The molecule has 0 radical (unpaired) electrons. The van der Waals surface area contributed by atoms with Gasteiger partial charge in [-0.15, -0.1) is 0 Å². The maximum absolute atomic E-state index is 9.90. The van der Waals surface area contributed by atoms with E-state index in [1.807, 2.05) is 0 Å². The first-order valence-corrected chi connectivity index (χ1v) is 6.67. The molecule has 0 amide bonds. The van der Waals surface area contributed by atoms with Gasteiger partial charge < -0.3 is 10.4 Å². The summed E-state index contributed by atoms with van der Waals surface area (Å²) in [6, 6.07) is 8.80. The van der Waals surface area contributed by atoms with Gasteiger partial charge in [0, 0.05) is 12.0 Å². The first-order valence-electron chi connectivity index (χ1n) is 6.67. The lowest BCUT2D eigenvalue weighted by Crippen LogP contribution is -2.33. The van der Waals surface area contributed by atoms with Crippen LogP contribution >= 0.6 is 0 Å². The second-order valence-corrected chi connectivity index (χ2v) is 5.96. The molecule has 2 nitrogen and oxygen atoms in total. The van der Waals surface area contributed by atoms with Crippen molar-refractivity contribution in [2.75, 3.05) is 6.54 Å². The lowest BCUT2D eigenvalue weighted by atomic mass is 9.89. The molecule has 2 fully saturated rings. The standard InChI is InChI=1S/C15H21NO/c1-14(7-2-10-16-14)13-5-3-12(4-6-13)11-15(17)8-9-15/h3-6,16-17H,2,7-11H2,1H3. The fourth-order valence-corrected chi connectivity index (χ4v) is 2.83. The van der Waals surface area contributed by atoms with Gasteiger partial charge in [-0.1, -0.05) is 24.3 Å². The zero-order valence-corrected chi connectivity index (χ0v) is 10.5. The second kappa shape index (κ2) is 3.82. The van der Waals surface area contributed by atoms with E-state index >= 15 is 0 Å². The molecular formula is C15H21NO. The van der Waals surface area contributed by atoms with Crippen LogP contribution in [-0.4, -0.2) is 17.3 Å². The van der Waals surface area contributed by atoms with Gasteiger partial charge in [0.1, 0.15) is 0 Å². The fraction of sp³-hybridized carbons (Fsp3) is 0.600. The predicted octanol–water partition coefficient (Wildman–Crippen LogP) is 2.35. The third-order valence-electron chi connectivity index (χ3n) is 4.32. The highest BCUT2D eigenvalue weighted by Crippen LogP contribution is 2.38. The van der Waals surface area contributed by atoms with Gasteiger partial charge >= 0.3 is 0 Å². The van der Waals surface area contributed by atoms with Crippen molar-refractivity contribution in [1.82, 2.24) is 5.32 Å². The molecule has 1 heterocycles. The minimum atomic E-state index is -0.378. The molecular weight excluding hydrogens is 210 g/mol. The Bertz CT molecular complexity index is 399. The minimum Gasteiger partial charge on any atom is -0.390 e. The molecule has 0 bridgehead atoms. The Kier molecular flexibility index (Phi) is 2.53. The molecule has 1 saturated carbocycles. The van der Waals surface area contributed by atoms with E-state index in [1.54, 1.807) is 0 Å². The number of nitrogens with one attached hydrogen (secondary N) is 1. The summed E-state index contributed by atoms with van der Waals surface area (Å²) in [5.41, 5.74) is 2.42. The topological polar surface area (TPSA) is 32.3 Å². The van der Waals surface area contributed by atoms with Crippen LogP contribution in [0.1, 0.15) is 43.7 Å². The van der Waals surface area contributed by atoms with Crippen LogP contribution in [-0.2, 0) is 12.0 Å². The van der Waals surface area contributed by atoms with Gasteiger partial charge in [0.25, 0.3) is 0 Å². The average molecular weight is 231 g/mol. The van der Waals surface area contributed by atoms with Crippen molar-refractivity contribution in [3.63, 3.8) is 0 Å². The molecule has 1 aromatic carbocycles. The lowest BCUT2D eigenvalue weighted by molar-refractivity contribution is 0.151. The molecule has 2 heteroatoms. The van der Waals surface area contributed by atoms with Crippen molar-refractivity contribution in [2.24, 2.45) is 0 Å². The first-order chi connectivity index (χ1) is 8.10. The number of benzene rings is 1. The summed E-state index contributed by atoms with van der Waals surface area (Å²) in [6.45, 7) is 3.40. The molecule has 0 aromatic heterocycles. The van der Waals surface area contributed by atoms with Crippen LogP contribution in [0.3, 0.4) is 0 Å². The Morgan fingerprint density at radius 3 is 2.41 bits per heavy atom. The van der Waals surface area contributed by atoms with E-state index in [0.717, 1.165) is 25.8 Å². The van der Waals surface area contributed by atoms with Gasteiger partial charge in [-0.25, -0.2) is 0 Å². The molecule has 1 saturated heterocycles. The molecule has 1 aliphatic carbocycles. The Labute approximate surface area is 103 Å². The van der Waals surface area contributed by atoms with Crippen LogP contribution in [0, 0.1) is 0 Å². The van der Waals surface area contributed by atoms with Crippen molar-refractivity contribution < 1.29 is 5.11 Å². The monoisotopic (exact) mass is 231 g/mol. The van der Waals surface area contributed by atoms with E-state index < -0.39 is 0 Å². The smallest absolute Gasteiger partial charge is 0.0690 e. The molecule has 17 heavy (non-hydrogen) atoms. The Morgan fingerprint density at radius 2 is 1.88 bits per heavy atom. The number of hydrogen-bond donors (Lipinski definition) is 2. The van der Waals surface area contributed by atoms with Gasteiger partial charge in [0.05, 0.1) is 5.60 Å².